The second kappa shape index (κ2) is 17.6. The second-order valence-electron chi connectivity index (χ2n) is 12.8. The van der Waals surface area contributed by atoms with Gasteiger partial charge in [-0.15, -0.1) is 11.6 Å². The summed E-state index contributed by atoms with van der Waals surface area (Å²) in [6, 6.07) is 6.68. The third kappa shape index (κ3) is 11.0. The molecule has 1 fully saturated rings. The maximum atomic E-state index is 10.6. The molecule has 0 saturated carbocycles. The van der Waals surface area contributed by atoms with Crippen molar-refractivity contribution >= 4 is 34.6 Å². The van der Waals surface area contributed by atoms with Gasteiger partial charge in [-0.25, -0.2) is 0 Å². The lowest BCUT2D eigenvalue weighted by Crippen LogP contribution is -2.52. The summed E-state index contributed by atoms with van der Waals surface area (Å²) in [4.78, 5) is 27.3. The fourth-order valence-electron chi connectivity index (χ4n) is 5.47. The highest BCUT2D eigenvalue weighted by molar-refractivity contribution is 6.23. The van der Waals surface area contributed by atoms with Gasteiger partial charge in [0.05, 0.1) is 40.7 Å². The topological polar surface area (TPSA) is 86.4 Å². The van der Waals surface area contributed by atoms with Crippen LogP contribution in [0.25, 0.3) is 16.6 Å². The molecule has 1 saturated heterocycles. The van der Waals surface area contributed by atoms with Crippen LogP contribution in [-0.4, -0.2) is 81.0 Å². The first-order valence-electron chi connectivity index (χ1n) is 16.1. The van der Waals surface area contributed by atoms with Crippen LogP contribution in [0, 0.1) is 5.92 Å². The monoisotopic (exact) mass is 624 g/mol. The smallest absolute Gasteiger partial charge is 0.211 e. The van der Waals surface area contributed by atoms with Crippen molar-refractivity contribution in [3.63, 3.8) is 0 Å². The lowest BCUT2D eigenvalue weighted by atomic mass is 9.99. The van der Waals surface area contributed by atoms with E-state index < -0.39 is 0 Å². The number of amides is 1. The van der Waals surface area contributed by atoms with Crippen molar-refractivity contribution in [3.8, 4) is 0 Å². The van der Waals surface area contributed by atoms with E-state index in [9.17, 15) is 4.79 Å². The first-order valence-corrected chi connectivity index (χ1v) is 16.5. The number of aromatic amines is 1. The fourth-order valence-corrected chi connectivity index (χ4v) is 5.75. The number of pyridine rings is 2. The molecule has 2 atom stereocenters. The largest absolute Gasteiger partial charge is 0.373 e. The van der Waals surface area contributed by atoms with E-state index >= 15 is 0 Å². The predicted molar refractivity (Wildman–Crippen MR) is 183 cm³/mol. The van der Waals surface area contributed by atoms with Crippen LogP contribution < -0.4 is 5.32 Å². The quantitative estimate of drug-likeness (QED) is 0.194. The van der Waals surface area contributed by atoms with Crippen molar-refractivity contribution in [2.24, 2.45) is 5.92 Å². The minimum absolute atomic E-state index is 0.0170. The van der Waals surface area contributed by atoms with Crippen molar-refractivity contribution < 1.29 is 9.53 Å². The molecule has 8 nitrogen and oxygen atoms in total. The molecule has 0 spiro atoms. The van der Waals surface area contributed by atoms with Gasteiger partial charge in [-0.1, -0.05) is 40.2 Å². The molecule has 0 bridgehead atoms. The molecule has 242 valence electrons. The number of ether oxygens (including phenoxy) is 1. The number of halogens is 1. The molecule has 44 heavy (non-hydrogen) atoms. The summed E-state index contributed by atoms with van der Waals surface area (Å²) in [6.07, 6.45) is 13.1. The van der Waals surface area contributed by atoms with Crippen LogP contribution in [0.3, 0.4) is 0 Å². The van der Waals surface area contributed by atoms with Crippen LogP contribution >= 0.6 is 11.6 Å². The zero-order chi connectivity index (χ0) is 32.1. The average molecular weight is 625 g/mol. The molecular weight excluding hydrogens is 572 g/mol. The van der Waals surface area contributed by atoms with E-state index in [2.05, 4.69) is 84.6 Å². The first kappa shape index (κ1) is 35.7. The molecule has 2 N–H and O–H groups in total. The Hall–Kier alpha value is -2.78. The Morgan fingerprint density at radius 1 is 1.20 bits per heavy atom. The van der Waals surface area contributed by atoms with Crippen molar-refractivity contribution in [3.05, 3.63) is 65.9 Å². The molecule has 0 radical (unpaired) electrons. The summed E-state index contributed by atoms with van der Waals surface area (Å²) in [6.45, 7) is 21.7. The summed E-state index contributed by atoms with van der Waals surface area (Å²) in [5.41, 5.74) is 5.03. The van der Waals surface area contributed by atoms with Gasteiger partial charge in [0.1, 0.15) is 0 Å². The Morgan fingerprint density at radius 2 is 1.95 bits per heavy atom. The standard InChI is InChI=1S/C18H31N3O.C12H10ClN3O.C5H12/c1-5-9-21(14-17-7-6-8-19-12-17)16(2)13-20-10-11-22-18(3,4)15-20;13-7-3-9-8-1-2-14-5-11(8)16-12(9)10(4-7)15-6-17;1-4-5(2)3/h6-8,12,16H,5,9-11,13-15H2,1-4H3;1-2,4-7,16H,3H2,(H,15,17);5H,4H2,1-3H3. The highest BCUT2D eigenvalue weighted by Gasteiger charge is 2.29. The molecule has 1 aliphatic carbocycles. The number of carbonyl (C=O) groups is 1. The van der Waals surface area contributed by atoms with Gasteiger partial charge < -0.3 is 15.0 Å². The van der Waals surface area contributed by atoms with E-state index in [0.717, 1.165) is 79.5 Å². The molecule has 1 aliphatic heterocycles. The van der Waals surface area contributed by atoms with E-state index in [0.29, 0.717) is 12.5 Å². The molecule has 0 aromatic carbocycles. The molecule has 2 aliphatic rings. The average Bonchev–Trinajstić information content (AvgIpc) is 3.36. The summed E-state index contributed by atoms with van der Waals surface area (Å²) in [5.74, 6) is 0.884. The van der Waals surface area contributed by atoms with Crippen LogP contribution in [0.5, 0.6) is 0 Å². The van der Waals surface area contributed by atoms with Crippen molar-refractivity contribution in [2.75, 3.05) is 32.8 Å². The molecule has 2 unspecified atom stereocenters. The van der Waals surface area contributed by atoms with E-state index in [4.69, 9.17) is 16.3 Å². The SMILES string of the molecule is CCC(C)C.CCCN(Cc1cccnc1)C(C)CN1CCOC(C)(C)C1.O=CNC1=CC(Cl)Cc2c1[nH]c1cnccc21. The highest BCUT2D eigenvalue weighted by atomic mass is 35.5. The molecule has 9 heteroatoms. The van der Waals surface area contributed by atoms with E-state index in [-0.39, 0.29) is 11.0 Å². The van der Waals surface area contributed by atoms with Gasteiger partial charge >= 0.3 is 0 Å². The van der Waals surface area contributed by atoms with E-state index in [1.807, 2.05) is 30.6 Å². The van der Waals surface area contributed by atoms with Gasteiger partial charge in [0.2, 0.25) is 6.41 Å². The second-order valence-corrected chi connectivity index (χ2v) is 13.3. The number of alkyl halides is 1. The van der Waals surface area contributed by atoms with Gasteiger partial charge in [0, 0.05) is 56.2 Å². The zero-order valence-electron chi connectivity index (χ0n) is 27.8. The highest BCUT2D eigenvalue weighted by Crippen LogP contribution is 2.32. The lowest BCUT2D eigenvalue weighted by Gasteiger charge is -2.41. The van der Waals surface area contributed by atoms with Crippen molar-refractivity contribution in [1.82, 2.24) is 30.1 Å². The van der Waals surface area contributed by atoms with Gasteiger partial charge in [-0.2, -0.15) is 0 Å². The van der Waals surface area contributed by atoms with Crippen LogP contribution in [0.2, 0.25) is 0 Å². The third-order valence-corrected chi connectivity index (χ3v) is 8.30. The maximum Gasteiger partial charge on any atom is 0.211 e. The summed E-state index contributed by atoms with van der Waals surface area (Å²) in [7, 11) is 0. The minimum Gasteiger partial charge on any atom is -0.373 e. The number of nitrogens with one attached hydrogen (secondary N) is 2. The van der Waals surface area contributed by atoms with E-state index in [1.165, 1.54) is 18.4 Å². The zero-order valence-corrected chi connectivity index (χ0v) is 28.5. The molecule has 4 heterocycles. The molecule has 1 amide bonds. The van der Waals surface area contributed by atoms with Crippen LogP contribution in [-0.2, 0) is 22.5 Å². The number of allylic oxidation sites excluding steroid dienone is 1. The number of H-pyrrole nitrogens is 1. The van der Waals surface area contributed by atoms with Gasteiger partial charge in [0.25, 0.3) is 0 Å². The molecule has 5 rings (SSSR count). The Morgan fingerprint density at radius 3 is 2.59 bits per heavy atom. The summed E-state index contributed by atoms with van der Waals surface area (Å²) >= 11 is 6.17. The Balaban J connectivity index is 0.000000213. The Kier molecular flexibility index (Phi) is 14.3. The number of morpholine rings is 1. The molecule has 3 aromatic rings. The van der Waals surface area contributed by atoms with E-state index in [1.54, 1.807) is 12.4 Å². The van der Waals surface area contributed by atoms with Gasteiger partial charge in [0.15, 0.2) is 0 Å². The number of nitrogens with zero attached hydrogens (tertiary/aromatic N) is 4. The number of carbonyl (C=O) groups excluding carboxylic acids is 1. The van der Waals surface area contributed by atoms with Crippen LogP contribution in [0.4, 0.5) is 0 Å². The maximum absolute atomic E-state index is 10.6. The molecule has 3 aromatic heterocycles. The summed E-state index contributed by atoms with van der Waals surface area (Å²) in [5, 5.41) is 3.69. The minimum atomic E-state index is -0.0999. The summed E-state index contributed by atoms with van der Waals surface area (Å²) < 4.78 is 5.82. The van der Waals surface area contributed by atoms with Gasteiger partial charge in [-0.3, -0.25) is 24.6 Å². The number of hydrogen-bond acceptors (Lipinski definition) is 6. The third-order valence-electron chi connectivity index (χ3n) is 8.02. The van der Waals surface area contributed by atoms with Crippen LogP contribution in [0.15, 0.2) is 49.1 Å². The van der Waals surface area contributed by atoms with Crippen molar-refractivity contribution in [1.29, 1.82) is 0 Å². The number of fused-ring (bicyclic) bond motifs is 3. The normalized spacial score (nSPS) is 18.4. The molecular formula is C35H53ClN6O2. The Bertz CT molecular complexity index is 1310. The van der Waals surface area contributed by atoms with Crippen LogP contribution in [0.1, 0.15) is 78.1 Å². The van der Waals surface area contributed by atoms with Crippen molar-refractivity contribution in [2.45, 2.75) is 91.3 Å². The Labute approximate surface area is 269 Å². The predicted octanol–water partition coefficient (Wildman–Crippen LogP) is 6.66. The van der Waals surface area contributed by atoms with Gasteiger partial charge in [-0.05, 0) is 75.4 Å². The number of rotatable bonds is 10. The fraction of sp³-hybridized carbons (Fsp3) is 0.571. The lowest BCUT2D eigenvalue weighted by molar-refractivity contribution is -0.108. The number of aromatic nitrogens is 3. The first-order chi connectivity index (χ1) is 21.1. The number of hydrogen-bond donors (Lipinski definition) is 2.